The van der Waals surface area contributed by atoms with Gasteiger partial charge in [0.15, 0.2) is 0 Å². The number of rotatable bonds is 6. The fourth-order valence-corrected chi connectivity index (χ4v) is 2.33. The molecule has 0 aromatic heterocycles. The smallest absolute Gasteiger partial charge is 0.320 e. The standard InChI is InChI=1S/C13H26N2O2/c1-4-12(13(16)17)15-9-7-14(8-10-15)6-5-11(2)3/h11-12H,4-10H2,1-3H3,(H,16,17)/t12-/m0/s1. The summed E-state index contributed by atoms with van der Waals surface area (Å²) in [6.07, 6.45) is 1.93. The molecule has 0 aromatic rings. The SMILES string of the molecule is CC[C@@H](C(=O)O)N1CCN(CCC(C)C)CC1. The van der Waals surface area contributed by atoms with Gasteiger partial charge in [0.1, 0.15) is 6.04 Å². The Bertz CT molecular complexity index is 236. The summed E-state index contributed by atoms with van der Waals surface area (Å²) >= 11 is 0. The van der Waals surface area contributed by atoms with Crippen molar-refractivity contribution in [2.45, 2.75) is 39.7 Å². The Morgan fingerprint density at radius 3 is 2.24 bits per heavy atom. The molecule has 1 rings (SSSR count). The quantitative estimate of drug-likeness (QED) is 0.767. The molecule has 4 heteroatoms. The van der Waals surface area contributed by atoms with E-state index in [4.69, 9.17) is 5.11 Å². The van der Waals surface area contributed by atoms with Crippen molar-refractivity contribution in [2.75, 3.05) is 32.7 Å². The molecular formula is C13H26N2O2. The average Bonchev–Trinajstić information content (AvgIpc) is 2.28. The zero-order chi connectivity index (χ0) is 12.8. The maximum absolute atomic E-state index is 11.1. The highest BCUT2D eigenvalue weighted by Gasteiger charge is 2.27. The van der Waals surface area contributed by atoms with Crippen LogP contribution >= 0.6 is 0 Å². The molecule has 0 bridgehead atoms. The topological polar surface area (TPSA) is 43.8 Å². The molecule has 0 aliphatic carbocycles. The minimum absolute atomic E-state index is 0.290. The molecule has 100 valence electrons. The Balaban J connectivity index is 2.32. The van der Waals surface area contributed by atoms with Gasteiger partial charge in [-0.15, -0.1) is 0 Å². The van der Waals surface area contributed by atoms with Crippen LogP contribution in [0.1, 0.15) is 33.6 Å². The first-order valence-electron chi connectivity index (χ1n) is 6.73. The lowest BCUT2D eigenvalue weighted by atomic mass is 10.1. The van der Waals surface area contributed by atoms with Crippen LogP contribution in [0.3, 0.4) is 0 Å². The zero-order valence-corrected chi connectivity index (χ0v) is 11.4. The molecule has 0 spiro atoms. The molecule has 1 heterocycles. The van der Waals surface area contributed by atoms with Crippen molar-refractivity contribution in [3.8, 4) is 0 Å². The predicted molar refractivity (Wildman–Crippen MR) is 69.2 cm³/mol. The summed E-state index contributed by atoms with van der Waals surface area (Å²) in [6.45, 7) is 11.4. The molecule has 0 radical (unpaired) electrons. The highest BCUT2D eigenvalue weighted by atomic mass is 16.4. The summed E-state index contributed by atoms with van der Waals surface area (Å²) in [4.78, 5) is 15.6. The van der Waals surface area contributed by atoms with Crippen molar-refractivity contribution in [1.82, 2.24) is 9.80 Å². The summed E-state index contributed by atoms with van der Waals surface area (Å²) in [5.41, 5.74) is 0. The molecule has 1 aliphatic heterocycles. The number of carboxylic acids is 1. The molecule has 1 atom stereocenters. The number of nitrogens with zero attached hydrogens (tertiary/aromatic N) is 2. The Morgan fingerprint density at radius 2 is 1.82 bits per heavy atom. The van der Waals surface area contributed by atoms with Crippen LogP contribution in [0.5, 0.6) is 0 Å². The molecular weight excluding hydrogens is 216 g/mol. The predicted octanol–water partition coefficient (Wildman–Crippen LogP) is 1.51. The second-order valence-corrected chi connectivity index (χ2v) is 5.32. The van der Waals surface area contributed by atoms with E-state index in [1.165, 1.54) is 6.42 Å². The van der Waals surface area contributed by atoms with E-state index in [1.54, 1.807) is 0 Å². The minimum Gasteiger partial charge on any atom is -0.480 e. The van der Waals surface area contributed by atoms with E-state index >= 15 is 0 Å². The number of hydrogen-bond acceptors (Lipinski definition) is 3. The van der Waals surface area contributed by atoms with Gasteiger partial charge in [-0.3, -0.25) is 9.69 Å². The lowest BCUT2D eigenvalue weighted by Gasteiger charge is -2.37. The fourth-order valence-electron chi connectivity index (χ4n) is 2.33. The van der Waals surface area contributed by atoms with Gasteiger partial charge in [-0.1, -0.05) is 20.8 Å². The Labute approximate surface area is 105 Å². The van der Waals surface area contributed by atoms with Crippen molar-refractivity contribution in [3.63, 3.8) is 0 Å². The van der Waals surface area contributed by atoms with Crippen molar-refractivity contribution in [1.29, 1.82) is 0 Å². The van der Waals surface area contributed by atoms with Gasteiger partial charge in [0.25, 0.3) is 0 Å². The van der Waals surface area contributed by atoms with Gasteiger partial charge in [-0.2, -0.15) is 0 Å². The largest absolute Gasteiger partial charge is 0.480 e. The summed E-state index contributed by atoms with van der Waals surface area (Å²) in [5, 5.41) is 9.11. The van der Waals surface area contributed by atoms with Crippen LogP contribution in [0.4, 0.5) is 0 Å². The van der Waals surface area contributed by atoms with Gasteiger partial charge in [0.05, 0.1) is 0 Å². The molecule has 1 fully saturated rings. The molecule has 1 saturated heterocycles. The molecule has 17 heavy (non-hydrogen) atoms. The molecule has 1 N–H and O–H groups in total. The van der Waals surface area contributed by atoms with Gasteiger partial charge in [-0.25, -0.2) is 0 Å². The summed E-state index contributed by atoms with van der Waals surface area (Å²) in [5.74, 6) is 0.0681. The van der Waals surface area contributed by atoms with Crippen molar-refractivity contribution < 1.29 is 9.90 Å². The highest BCUT2D eigenvalue weighted by Crippen LogP contribution is 2.11. The number of hydrogen-bond donors (Lipinski definition) is 1. The average molecular weight is 242 g/mol. The van der Waals surface area contributed by atoms with E-state index in [-0.39, 0.29) is 6.04 Å². The van der Waals surface area contributed by atoms with Crippen molar-refractivity contribution >= 4 is 5.97 Å². The molecule has 4 nitrogen and oxygen atoms in total. The second kappa shape index (κ2) is 6.97. The Kier molecular flexibility index (Phi) is 5.92. The minimum atomic E-state index is -0.678. The summed E-state index contributed by atoms with van der Waals surface area (Å²) in [7, 11) is 0. The van der Waals surface area contributed by atoms with E-state index < -0.39 is 5.97 Å². The van der Waals surface area contributed by atoms with Crippen LogP contribution in [-0.4, -0.2) is 59.6 Å². The first kappa shape index (κ1) is 14.5. The Hall–Kier alpha value is -0.610. The van der Waals surface area contributed by atoms with Crippen molar-refractivity contribution in [3.05, 3.63) is 0 Å². The lowest BCUT2D eigenvalue weighted by Crippen LogP contribution is -2.52. The number of carbonyl (C=O) groups is 1. The third kappa shape index (κ3) is 4.64. The second-order valence-electron chi connectivity index (χ2n) is 5.32. The van der Waals surface area contributed by atoms with E-state index in [0.717, 1.165) is 38.6 Å². The van der Waals surface area contributed by atoms with E-state index in [0.29, 0.717) is 6.42 Å². The maximum atomic E-state index is 11.1. The van der Waals surface area contributed by atoms with Gasteiger partial charge < -0.3 is 10.0 Å². The van der Waals surface area contributed by atoms with E-state index in [9.17, 15) is 4.79 Å². The molecule has 0 unspecified atom stereocenters. The third-order valence-electron chi connectivity index (χ3n) is 3.54. The van der Waals surface area contributed by atoms with Crippen LogP contribution in [0.25, 0.3) is 0 Å². The first-order valence-corrected chi connectivity index (χ1v) is 6.73. The van der Waals surface area contributed by atoms with Crippen LogP contribution in [0.2, 0.25) is 0 Å². The molecule has 0 saturated carbocycles. The summed E-state index contributed by atoms with van der Waals surface area (Å²) < 4.78 is 0. The van der Waals surface area contributed by atoms with E-state index in [2.05, 4.69) is 23.6 Å². The number of piperazine rings is 1. The van der Waals surface area contributed by atoms with E-state index in [1.807, 2.05) is 6.92 Å². The van der Waals surface area contributed by atoms with Gasteiger partial charge in [0, 0.05) is 26.2 Å². The molecule has 0 amide bonds. The summed E-state index contributed by atoms with van der Waals surface area (Å²) in [6, 6.07) is -0.290. The van der Waals surface area contributed by atoms with Gasteiger partial charge in [-0.05, 0) is 25.3 Å². The van der Waals surface area contributed by atoms with Gasteiger partial charge in [0.2, 0.25) is 0 Å². The molecule has 1 aliphatic rings. The van der Waals surface area contributed by atoms with Crippen molar-refractivity contribution in [2.24, 2.45) is 5.92 Å². The first-order chi connectivity index (χ1) is 8.04. The Morgan fingerprint density at radius 1 is 1.24 bits per heavy atom. The number of aliphatic carboxylic acids is 1. The zero-order valence-electron chi connectivity index (χ0n) is 11.4. The van der Waals surface area contributed by atoms with Crippen LogP contribution in [0.15, 0.2) is 0 Å². The highest BCUT2D eigenvalue weighted by molar-refractivity contribution is 5.73. The van der Waals surface area contributed by atoms with Crippen LogP contribution in [-0.2, 0) is 4.79 Å². The normalized spacial score (nSPS) is 20.7. The fraction of sp³-hybridized carbons (Fsp3) is 0.923. The van der Waals surface area contributed by atoms with Gasteiger partial charge >= 0.3 is 5.97 Å². The van der Waals surface area contributed by atoms with Crippen LogP contribution in [0, 0.1) is 5.92 Å². The maximum Gasteiger partial charge on any atom is 0.320 e. The lowest BCUT2D eigenvalue weighted by molar-refractivity contribution is -0.144. The van der Waals surface area contributed by atoms with Crippen LogP contribution < -0.4 is 0 Å². The monoisotopic (exact) mass is 242 g/mol. The third-order valence-corrected chi connectivity index (χ3v) is 3.54. The number of carboxylic acid groups (broad SMARTS) is 1. The molecule has 0 aromatic carbocycles.